The Bertz CT molecular complexity index is 767. The molecule has 0 aliphatic carbocycles. The fourth-order valence-corrected chi connectivity index (χ4v) is 4.34. The summed E-state index contributed by atoms with van der Waals surface area (Å²) in [5.41, 5.74) is 0.0710. The molecule has 218 valence electrons. The van der Waals surface area contributed by atoms with Crippen molar-refractivity contribution in [3.8, 4) is 17.2 Å². The highest BCUT2D eigenvalue weighted by Crippen LogP contribution is 2.36. The molecule has 0 aromatic heterocycles. The molecular weight excluding hydrogens is 482 g/mol. The smallest absolute Gasteiger partial charge is 0.338 e. The lowest BCUT2D eigenvalue weighted by atomic mass is 10.1. The number of carbonyl (C=O) groups excluding carboxylic acids is 2. The Kier molecular flexibility index (Phi) is 19.9. The van der Waals surface area contributed by atoms with Crippen LogP contribution in [0.15, 0.2) is 12.1 Å². The van der Waals surface area contributed by atoms with E-state index in [4.69, 9.17) is 9.47 Å². The second-order valence-electron chi connectivity index (χ2n) is 10.3. The first-order valence-electron chi connectivity index (χ1n) is 15.1. The van der Waals surface area contributed by atoms with Crippen molar-refractivity contribution >= 4 is 11.9 Å². The number of benzene rings is 1. The SMILES string of the molecule is CCCCCCCCCCCCOC(=O)c1cc(O)c(O)c(OCC(=O)NCCCCCCCCCC)c1. The van der Waals surface area contributed by atoms with Gasteiger partial charge in [0.15, 0.2) is 18.1 Å². The first-order chi connectivity index (χ1) is 18.5. The average molecular weight is 536 g/mol. The van der Waals surface area contributed by atoms with Crippen LogP contribution in [0.3, 0.4) is 0 Å². The summed E-state index contributed by atoms with van der Waals surface area (Å²) >= 11 is 0. The third-order valence-corrected chi connectivity index (χ3v) is 6.73. The van der Waals surface area contributed by atoms with Crippen LogP contribution in [-0.4, -0.2) is 41.8 Å². The minimum atomic E-state index is -0.597. The van der Waals surface area contributed by atoms with Crippen LogP contribution in [0.25, 0.3) is 0 Å². The molecule has 0 saturated heterocycles. The molecule has 38 heavy (non-hydrogen) atoms. The van der Waals surface area contributed by atoms with E-state index >= 15 is 0 Å². The normalized spacial score (nSPS) is 10.9. The van der Waals surface area contributed by atoms with E-state index < -0.39 is 17.5 Å². The number of esters is 1. The van der Waals surface area contributed by atoms with Crippen LogP contribution in [0.5, 0.6) is 17.2 Å². The molecule has 0 aliphatic heterocycles. The number of unbranched alkanes of at least 4 members (excludes halogenated alkanes) is 16. The van der Waals surface area contributed by atoms with E-state index in [2.05, 4.69) is 19.2 Å². The largest absolute Gasteiger partial charge is 0.504 e. The highest BCUT2D eigenvalue weighted by atomic mass is 16.5. The summed E-state index contributed by atoms with van der Waals surface area (Å²) in [5.74, 6) is -2.04. The first-order valence-corrected chi connectivity index (χ1v) is 15.1. The summed E-state index contributed by atoms with van der Waals surface area (Å²) in [6.45, 7) is 4.99. The van der Waals surface area contributed by atoms with Gasteiger partial charge in [-0.3, -0.25) is 4.79 Å². The zero-order valence-electron chi connectivity index (χ0n) is 24.0. The van der Waals surface area contributed by atoms with Gasteiger partial charge in [0.2, 0.25) is 5.75 Å². The molecule has 0 spiro atoms. The van der Waals surface area contributed by atoms with Gasteiger partial charge in [-0.25, -0.2) is 4.79 Å². The number of amides is 1. The number of carbonyl (C=O) groups is 2. The van der Waals surface area contributed by atoms with Crippen LogP contribution in [-0.2, 0) is 9.53 Å². The summed E-state index contributed by atoms with van der Waals surface area (Å²) in [6.07, 6.45) is 21.4. The van der Waals surface area contributed by atoms with E-state index in [-0.39, 0.29) is 23.8 Å². The third-order valence-electron chi connectivity index (χ3n) is 6.73. The predicted octanol–water partition coefficient (Wildman–Crippen LogP) is 7.81. The number of nitrogens with one attached hydrogen (secondary N) is 1. The summed E-state index contributed by atoms with van der Waals surface area (Å²) < 4.78 is 10.7. The van der Waals surface area contributed by atoms with Crippen LogP contribution in [0.4, 0.5) is 0 Å². The van der Waals surface area contributed by atoms with Crippen LogP contribution >= 0.6 is 0 Å². The monoisotopic (exact) mass is 535 g/mol. The first kappa shape index (κ1) is 33.6. The molecule has 0 radical (unpaired) electrons. The average Bonchev–Trinajstić information content (AvgIpc) is 2.91. The molecule has 0 fully saturated rings. The van der Waals surface area contributed by atoms with Crippen molar-refractivity contribution in [1.29, 1.82) is 0 Å². The van der Waals surface area contributed by atoms with Crippen molar-refractivity contribution in [2.24, 2.45) is 0 Å². The minimum absolute atomic E-state index is 0.0710. The Morgan fingerprint density at radius 3 is 1.76 bits per heavy atom. The molecule has 0 saturated carbocycles. The molecular formula is C31H53NO6. The molecule has 3 N–H and O–H groups in total. The molecule has 1 aromatic carbocycles. The Balaban J connectivity index is 2.25. The van der Waals surface area contributed by atoms with Gasteiger partial charge in [-0.05, 0) is 25.0 Å². The quantitative estimate of drug-likeness (QED) is 0.0708. The van der Waals surface area contributed by atoms with Crippen LogP contribution in [0, 0.1) is 0 Å². The molecule has 0 bridgehead atoms. The lowest BCUT2D eigenvalue weighted by Crippen LogP contribution is -2.29. The maximum absolute atomic E-state index is 12.4. The standard InChI is InChI=1S/C31H53NO6/c1-3-5-7-9-11-13-14-16-18-20-22-37-31(36)26-23-27(33)30(35)28(24-26)38-25-29(34)32-21-19-17-15-12-10-8-6-4-2/h23-24,33,35H,3-22,25H2,1-2H3,(H,32,34). The number of ether oxygens (including phenoxy) is 2. The fourth-order valence-electron chi connectivity index (χ4n) is 4.34. The summed E-state index contributed by atoms with van der Waals surface area (Å²) in [6, 6.07) is 2.44. The Hall–Kier alpha value is -2.44. The number of rotatable bonds is 24. The van der Waals surface area contributed by atoms with E-state index in [1.165, 1.54) is 89.5 Å². The van der Waals surface area contributed by atoms with Crippen LogP contribution in [0.2, 0.25) is 0 Å². The van der Waals surface area contributed by atoms with Gasteiger partial charge in [0.1, 0.15) is 0 Å². The van der Waals surface area contributed by atoms with Gasteiger partial charge in [0.05, 0.1) is 12.2 Å². The topological polar surface area (TPSA) is 105 Å². The second-order valence-corrected chi connectivity index (χ2v) is 10.3. The van der Waals surface area contributed by atoms with E-state index in [0.29, 0.717) is 13.2 Å². The summed E-state index contributed by atoms with van der Waals surface area (Å²) in [7, 11) is 0. The molecule has 0 unspecified atom stereocenters. The molecule has 0 aliphatic rings. The molecule has 1 rings (SSSR count). The minimum Gasteiger partial charge on any atom is -0.504 e. The fraction of sp³-hybridized carbons (Fsp3) is 0.742. The zero-order chi connectivity index (χ0) is 27.8. The van der Waals surface area contributed by atoms with Gasteiger partial charge in [0.25, 0.3) is 5.91 Å². The Morgan fingerprint density at radius 1 is 0.711 bits per heavy atom. The van der Waals surface area contributed by atoms with Crippen molar-refractivity contribution in [1.82, 2.24) is 5.32 Å². The highest BCUT2D eigenvalue weighted by molar-refractivity contribution is 5.91. The van der Waals surface area contributed by atoms with Gasteiger partial charge >= 0.3 is 5.97 Å². The van der Waals surface area contributed by atoms with Crippen molar-refractivity contribution < 1.29 is 29.3 Å². The van der Waals surface area contributed by atoms with Crippen molar-refractivity contribution in [2.45, 2.75) is 129 Å². The molecule has 0 heterocycles. The molecule has 0 atom stereocenters. The summed E-state index contributed by atoms with van der Waals surface area (Å²) in [5, 5.41) is 22.9. The number of hydrogen-bond acceptors (Lipinski definition) is 6. The van der Waals surface area contributed by atoms with E-state index in [1.54, 1.807) is 0 Å². The van der Waals surface area contributed by atoms with Crippen LogP contribution in [0.1, 0.15) is 140 Å². The number of phenolic OH excluding ortho intramolecular Hbond substituents is 2. The van der Waals surface area contributed by atoms with Crippen molar-refractivity contribution in [3.05, 3.63) is 17.7 Å². The van der Waals surface area contributed by atoms with Gasteiger partial charge in [-0.2, -0.15) is 0 Å². The number of hydrogen-bond donors (Lipinski definition) is 3. The predicted molar refractivity (Wildman–Crippen MR) is 153 cm³/mol. The Labute approximate surface area is 230 Å². The highest BCUT2D eigenvalue weighted by Gasteiger charge is 2.17. The Morgan fingerprint density at radius 2 is 1.21 bits per heavy atom. The van der Waals surface area contributed by atoms with Crippen molar-refractivity contribution in [2.75, 3.05) is 19.8 Å². The maximum atomic E-state index is 12.4. The van der Waals surface area contributed by atoms with Gasteiger partial charge in [0, 0.05) is 6.54 Å². The van der Waals surface area contributed by atoms with E-state index in [9.17, 15) is 19.8 Å². The molecule has 7 nitrogen and oxygen atoms in total. The zero-order valence-corrected chi connectivity index (χ0v) is 24.0. The van der Waals surface area contributed by atoms with Crippen molar-refractivity contribution in [3.63, 3.8) is 0 Å². The molecule has 1 aromatic rings. The second kappa shape index (κ2) is 22.5. The summed E-state index contributed by atoms with van der Waals surface area (Å²) in [4.78, 5) is 24.5. The van der Waals surface area contributed by atoms with Gasteiger partial charge < -0.3 is 25.0 Å². The van der Waals surface area contributed by atoms with E-state index in [1.807, 2.05) is 0 Å². The maximum Gasteiger partial charge on any atom is 0.338 e. The molecule has 7 heteroatoms. The van der Waals surface area contributed by atoms with E-state index in [0.717, 1.165) is 38.2 Å². The lowest BCUT2D eigenvalue weighted by Gasteiger charge is -2.12. The third kappa shape index (κ3) is 16.4. The number of phenols is 2. The molecule has 1 amide bonds. The van der Waals surface area contributed by atoms with Gasteiger partial charge in [-0.15, -0.1) is 0 Å². The number of aromatic hydroxyl groups is 2. The van der Waals surface area contributed by atoms with Crippen LogP contribution < -0.4 is 10.1 Å². The van der Waals surface area contributed by atoms with Gasteiger partial charge in [-0.1, -0.05) is 117 Å². The lowest BCUT2D eigenvalue weighted by molar-refractivity contribution is -0.123.